The molecular weight excluding hydrogens is 212 g/mol. The molecule has 3 nitrogen and oxygen atoms in total. The van der Waals surface area contributed by atoms with E-state index in [0.717, 1.165) is 25.7 Å². The number of nitrogens with one attached hydrogen (secondary N) is 1. The minimum Gasteiger partial charge on any atom is -0.383 e. The molecule has 1 aliphatic rings. The topological polar surface area (TPSA) is 24.5 Å². The van der Waals surface area contributed by atoms with Gasteiger partial charge in [0.2, 0.25) is 0 Å². The van der Waals surface area contributed by atoms with Gasteiger partial charge in [0.1, 0.15) is 0 Å². The Morgan fingerprint density at radius 2 is 1.94 bits per heavy atom. The molecule has 0 aliphatic heterocycles. The summed E-state index contributed by atoms with van der Waals surface area (Å²) in [6.07, 6.45) is 8.19. The summed E-state index contributed by atoms with van der Waals surface area (Å²) in [5.74, 6) is 0. The van der Waals surface area contributed by atoms with Crippen molar-refractivity contribution in [3.63, 3.8) is 0 Å². The molecule has 0 aromatic carbocycles. The van der Waals surface area contributed by atoms with E-state index in [0.29, 0.717) is 0 Å². The lowest BCUT2D eigenvalue weighted by Crippen LogP contribution is -2.36. The van der Waals surface area contributed by atoms with Crippen LogP contribution in [0.2, 0.25) is 0 Å². The number of hydrogen-bond donors (Lipinski definition) is 1. The molecule has 0 heterocycles. The Morgan fingerprint density at radius 1 is 1.12 bits per heavy atom. The van der Waals surface area contributed by atoms with Crippen LogP contribution in [0.3, 0.4) is 0 Å². The van der Waals surface area contributed by atoms with Crippen LogP contribution in [-0.2, 0) is 4.74 Å². The number of ether oxygens (including phenoxy) is 1. The highest BCUT2D eigenvalue weighted by molar-refractivity contribution is 4.84. The fourth-order valence-corrected chi connectivity index (χ4v) is 2.15. The van der Waals surface area contributed by atoms with Crippen LogP contribution in [0.5, 0.6) is 0 Å². The lowest BCUT2D eigenvalue weighted by Gasteiger charge is -2.21. The molecule has 0 spiro atoms. The number of nitrogens with zero attached hydrogens (tertiary/aromatic N) is 1. The lowest BCUT2D eigenvalue weighted by atomic mass is 10.2. The second-order valence-corrected chi connectivity index (χ2v) is 5.07. The van der Waals surface area contributed by atoms with Crippen LogP contribution in [0, 0.1) is 0 Å². The van der Waals surface area contributed by atoms with Crippen molar-refractivity contribution in [3.05, 3.63) is 0 Å². The van der Waals surface area contributed by atoms with Crippen LogP contribution in [0.15, 0.2) is 0 Å². The highest BCUT2D eigenvalue weighted by Gasteiger charge is 2.27. The Bertz CT molecular complexity index is 172. The number of rotatable bonds is 12. The van der Waals surface area contributed by atoms with Gasteiger partial charge in [0.05, 0.1) is 6.61 Å². The third-order valence-electron chi connectivity index (χ3n) is 3.43. The molecule has 1 rings (SSSR count). The average molecular weight is 242 g/mol. The third-order valence-corrected chi connectivity index (χ3v) is 3.43. The Balaban J connectivity index is 1.91. The van der Waals surface area contributed by atoms with Crippen LogP contribution >= 0.6 is 0 Å². The predicted molar refractivity (Wildman–Crippen MR) is 73.5 cm³/mol. The normalized spacial score (nSPS) is 15.7. The van der Waals surface area contributed by atoms with Gasteiger partial charge < -0.3 is 10.1 Å². The first-order valence-electron chi connectivity index (χ1n) is 7.32. The van der Waals surface area contributed by atoms with Crippen molar-refractivity contribution in [1.29, 1.82) is 0 Å². The SMILES string of the molecule is CCCCCCNCCN(CCOC)C1CC1. The van der Waals surface area contributed by atoms with Gasteiger partial charge in [-0.1, -0.05) is 26.2 Å². The molecule has 0 aromatic rings. The zero-order valence-electron chi connectivity index (χ0n) is 11.7. The van der Waals surface area contributed by atoms with Crippen LogP contribution in [0.4, 0.5) is 0 Å². The maximum absolute atomic E-state index is 5.16. The van der Waals surface area contributed by atoms with Gasteiger partial charge >= 0.3 is 0 Å². The summed E-state index contributed by atoms with van der Waals surface area (Å²) in [5.41, 5.74) is 0. The molecule has 17 heavy (non-hydrogen) atoms. The molecule has 1 N–H and O–H groups in total. The first kappa shape index (κ1) is 14.9. The second kappa shape index (κ2) is 9.86. The van der Waals surface area contributed by atoms with E-state index in [9.17, 15) is 0 Å². The maximum atomic E-state index is 5.16. The van der Waals surface area contributed by atoms with Crippen molar-refractivity contribution in [2.75, 3.05) is 39.9 Å². The molecule has 0 radical (unpaired) electrons. The van der Waals surface area contributed by atoms with Crippen LogP contribution in [-0.4, -0.2) is 50.8 Å². The van der Waals surface area contributed by atoms with Crippen molar-refractivity contribution in [2.24, 2.45) is 0 Å². The van der Waals surface area contributed by atoms with Gasteiger partial charge in [-0.3, -0.25) is 4.90 Å². The van der Waals surface area contributed by atoms with Crippen molar-refractivity contribution >= 4 is 0 Å². The molecule has 0 atom stereocenters. The summed E-state index contributed by atoms with van der Waals surface area (Å²) in [6.45, 7) is 7.72. The summed E-state index contributed by atoms with van der Waals surface area (Å²) in [4.78, 5) is 2.57. The van der Waals surface area contributed by atoms with Gasteiger partial charge in [-0.25, -0.2) is 0 Å². The average Bonchev–Trinajstić information content (AvgIpc) is 3.16. The van der Waals surface area contributed by atoms with Crippen LogP contribution in [0.25, 0.3) is 0 Å². The van der Waals surface area contributed by atoms with E-state index in [1.165, 1.54) is 51.6 Å². The van der Waals surface area contributed by atoms with E-state index in [1.54, 1.807) is 7.11 Å². The summed E-state index contributed by atoms with van der Waals surface area (Å²) in [7, 11) is 1.79. The Hall–Kier alpha value is -0.120. The molecule has 0 amide bonds. The van der Waals surface area contributed by atoms with Crippen molar-refractivity contribution in [3.8, 4) is 0 Å². The second-order valence-electron chi connectivity index (χ2n) is 5.07. The van der Waals surface area contributed by atoms with Gasteiger partial charge in [0, 0.05) is 32.8 Å². The quantitative estimate of drug-likeness (QED) is 0.531. The Morgan fingerprint density at radius 3 is 2.59 bits per heavy atom. The van der Waals surface area contributed by atoms with E-state index in [-0.39, 0.29) is 0 Å². The monoisotopic (exact) mass is 242 g/mol. The summed E-state index contributed by atoms with van der Waals surface area (Å²) in [6, 6.07) is 0.854. The summed E-state index contributed by atoms with van der Waals surface area (Å²) < 4.78 is 5.16. The number of methoxy groups -OCH3 is 1. The minimum atomic E-state index is 0.854. The minimum absolute atomic E-state index is 0.854. The number of unbranched alkanes of at least 4 members (excludes halogenated alkanes) is 3. The summed E-state index contributed by atoms with van der Waals surface area (Å²) >= 11 is 0. The van der Waals surface area contributed by atoms with E-state index in [2.05, 4.69) is 17.1 Å². The molecule has 0 saturated heterocycles. The molecule has 0 aromatic heterocycles. The molecule has 1 fully saturated rings. The van der Waals surface area contributed by atoms with Crippen molar-refractivity contribution in [1.82, 2.24) is 10.2 Å². The molecule has 102 valence electrons. The number of hydrogen-bond acceptors (Lipinski definition) is 3. The first-order valence-corrected chi connectivity index (χ1v) is 7.32. The largest absolute Gasteiger partial charge is 0.383 e. The molecule has 0 bridgehead atoms. The highest BCUT2D eigenvalue weighted by atomic mass is 16.5. The Kier molecular flexibility index (Phi) is 8.67. The van der Waals surface area contributed by atoms with E-state index in [4.69, 9.17) is 4.74 Å². The summed E-state index contributed by atoms with van der Waals surface area (Å²) in [5, 5.41) is 3.55. The third kappa shape index (κ3) is 7.74. The standard InChI is InChI=1S/C14H30N2O/c1-3-4-5-6-9-15-10-11-16(12-13-17-2)14-7-8-14/h14-15H,3-13H2,1-2H3. The van der Waals surface area contributed by atoms with E-state index < -0.39 is 0 Å². The first-order chi connectivity index (χ1) is 8.38. The molecule has 3 heteroatoms. The fourth-order valence-electron chi connectivity index (χ4n) is 2.15. The van der Waals surface area contributed by atoms with Gasteiger partial charge in [-0.2, -0.15) is 0 Å². The van der Waals surface area contributed by atoms with Gasteiger partial charge in [-0.05, 0) is 25.8 Å². The zero-order valence-corrected chi connectivity index (χ0v) is 11.7. The van der Waals surface area contributed by atoms with Crippen molar-refractivity contribution < 1.29 is 4.74 Å². The molecule has 0 unspecified atom stereocenters. The molecular formula is C14H30N2O. The molecule has 1 aliphatic carbocycles. The Labute approximate surface area is 107 Å². The van der Waals surface area contributed by atoms with Crippen LogP contribution < -0.4 is 5.32 Å². The maximum Gasteiger partial charge on any atom is 0.0589 e. The molecule has 1 saturated carbocycles. The lowest BCUT2D eigenvalue weighted by molar-refractivity contribution is 0.144. The van der Waals surface area contributed by atoms with E-state index >= 15 is 0 Å². The highest BCUT2D eigenvalue weighted by Crippen LogP contribution is 2.25. The zero-order chi connectivity index (χ0) is 12.3. The predicted octanol–water partition coefficient (Wildman–Crippen LogP) is 2.27. The fraction of sp³-hybridized carbons (Fsp3) is 1.00. The van der Waals surface area contributed by atoms with Gasteiger partial charge in [0.15, 0.2) is 0 Å². The van der Waals surface area contributed by atoms with Gasteiger partial charge in [-0.15, -0.1) is 0 Å². The van der Waals surface area contributed by atoms with Crippen molar-refractivity contribution in [2.45, 2.75) is 51.5 Å². The smallest absolute Gasteiger partial charge is 0.0589 e. The van der Waals surface area contributed by atoms with E-state index in [1.807, 2.05) is 0 Å². The van der Waals surface area contributed by atoms with Gasteiger partial charge in [0.25, 0.3) is 0 Å². The van der Waals surface area contributed by atoms with Crippen LogP contribution in [0.1, 0.15) is 45.4 Å².